The number of carbonyl (C=O) groups excluding carboxylic acids is 1. The number of aryl methyl sites for hydroxylation is 1. The Kier molecular flexibility index (Phi) is 4.30. The minimum Gasteiger partial charge on any atom is -0.392 e. The highest BCUT2D eigenvalue weighted by molar-refractivity contribution is 6.30. The van der Waals surface area contributed by atoms with Gasteiger partial charge in [0.2, 0.25) is 0 Å². The second-order valence-electron chi connectivity index (χ2n) is 3.57. The van der Waals surface area contributed by atoms with Gasteiger partial charge in [-0.1, -0.05) is 25.1 Å². The van der Waals surface area contributed by atoms with Crippen LogP contribution in [-0.4, -0.2) is 10.9 Å². The largest absolute Gasteiger partial charge is 0.392 e. The number of Topliss-reactive ketones (excluding diaryl/α,β-unsaturated/α-hetero) is 1. The summed E-state index contributed by atoms with van der Waals surface area (Å²) in [5.74, 6) is -0.0752. The van der Waals surface area contributed by atoms with Gasteiger partial charge in [0.15, 0.2) is 5.78 Å². The SMILES string of the molecule is CCc1cc(CO)cc(C(Cl)C(C)=O)c1. The van der Waals surface area contributed by atoms with Crippen molar-refractivity contribution in [2.24, 2.45) is 0 Å². The van der Waals surface area contributed by atoms with Crippen LogP contribution < -0.4 is 0 Å². The second-order valence-corrected chi connectivity index (χ2v) is 4.00. The van der Waals surface area contributed by atoms with E-state index in [9.17, 15) is 4.79 Å². The first kappa shape index (κ1) is 12.2. The molecule has 82 valence electrons. The van der Waals surface area contributed by atoms with Gasteiger partial charge in [0, 0.05) is 0 Å². The van der Waals surface area contributed by atoms with Crippen molar-refractivity contribution in [2.45, 2.75) is 32.3 Å². The van der Waals surface area contributed by atoms with E-state index in [4.69, 9.17) is 16.7 Å². The summed E-state index contributed by atoms with van der Waals surface area (Å²) in [4.78, 5) is 11.1. The molecule has 0 fully saturated rings. The zero-order valence-corrected chi connectivity index (χ0v) is 9.71. The first-order chi connectivity index (χ1) is 7.08. The topological polar surface area (TPSA) is 37.3 Å². The van der Waals surface area contributed by atoms with Crippen molar-refractivity contribution in [3.8, 4) is 0 Å². The van der Waals surface area contributed by atoms with Gasteiger partial charge in [0.05, 0.1) is 6.61 Å². The molecule has 1 aromatic rings. The lowest BCUT2D eigenvalue weighted by Gasteiger charge is -2.10. The third-order valence-electron chi connectivity index (χ3n) is 2.32. The highest BCUT2D eigenvalue weighted by atomic mass is 35.5. The Morgan fingerprint density at radius 3 is 2.47 bits per heavy atom. The lowest BCUT2D eigenvalue weighted by atomic mass is 10.0. The molecule has 0 aromatic heterocycles. The molecular weight excluding hydrogens is 212 g/mol. The van der Waals surface area contributed by atoms with Crippen LogP contribution in [0.2, 0.25) is 0 Å². The molecule has 1 N–H and O–H groups in total. The highest BCUT2D eigenvalue weighted by Crippen LogP contribution is 2.24. The fraction of sp³-hybridized carbons (Fsp3) is 0.417. The van der Waals surface area contributed by atoms with Gasteiger partial charge >= 0.3 is 0 Å². The predicted octanol–water partition coefficient (Wildman–Crippen LogP) is 2.61. The minimum absolute atomic E-state index is 0.0254. The normalized spacial score (nSPS) is 12.5. The van der Waals surface area contributed by atoms with Crippen LogP contribution in [0.3, 0.4) is 0 Å². The Balaban J connectivity index is 3.11. The van der Waals surface area contributed by atoms with Crippen LogP contribution in [0.15, 0.2) is 18.2 Å². The zero-order valence-electron chi connectivity index (χ0n) is 8.96. The molecule has 2 nitrogen and oxygen atoms in total. The number of hydrogen-bond acceptors (Lipinski definition) is 2. The average molecular weight is 227 g/mol. The van der Waals surface area contributed by atoms with Crippen LogP contribution in [0.4, 0.5) is 0 Å². The molecule has 0 radical (unpaired) electrons. The lowest BCUT2D eigenvalue weighted by Crippen LogP contribution is -2.03. The van der Waals surface area contributed by atoms with Gasteiger partial charge in [-0.3, -0.25) is 4.79 Å². The van der Waals surface area contributed by atoms with E-state index in [1.165, 1.54) is 6.92 Å². The number of rotatable bonds is 4. The van der Waals surface area contributed by atoms with Gasteiger partial charge < -0.3 is 5.11 Å². The van der Waals surface area contributed by atoms with Crippen molar-refractivity contribution in [3.63, 3.8) is 0 Å². The smallest absolute Gasteiger partial charge is 0.152 e. The van der Waals surface area contributed by atoms with Crippen LogP contribution in [-0.2, 0) is 17.8 Å². The molecular formula is C12H15ClO2. The number of halogens is 1. The number of carbonyl (C=O) groups is 1. The first-order valence-corrected chi connectivity index (χ1v) is 5.40. The Morgan fingerprint density at radius 1 is 1.40 bits per heavy atom. The summed E-state index contributed by atoms with van der Waals surface area (Å²) in [6.07, 6.45) is 0.863. The van der Waals surface area contributed by atoms with Crippen molar-refractivity contribution in [1.82, 2.24) is 0 Å². The molecule has 0 saturated heterocycles. The molecule has 0 aliphatic carbocycles. The molecule has 0 amide bonds. The summed E-state index contributed by atoms with van der Waals surface area (Å²) in [6.45, 7) is 3.47. The predicted molar refractivity (Wildman–Crippen MR) is 61.0 cm³/mol. The molecule has 0 heterocycles. The molecule has 0 spiro atoms. The molecule has 1 unspecified atom stereocenters. The summed E-state index contributed by atoms with van der Waals surface area (Å²) in [6, 6.07) is 5.61. The zero-order chi connectivity index (χ0) is 11.4. The number of aliphatic hydroxyl groups excluding tert-OH is 1. The Bertz CT molecular complexity index is 338. The molecule has 3 heteroatoms. The third-order valence-corrected chi connectivity index (χ3v) is 2.87. The molecule has 1 atom stereocenters. The Labute approximate surface area is 94.9 Å². The van der Waals surface area contributed by atoms with Gasteiger partial charge in [-0.25, -0.2) is 0 Å². The van der Waals surface area contributed by atoms with E-state index in [2.05, 4.69) is 0 Å². The fourth-order valence-electron chi connectivity index (χ4n) is 1.47. The molecule has 0 aliphatic heterocycles. The van der Waals surface area contributed by atoms with Crippen molar-refractivity contribution < 1.29 is 9.90 Å². The van der Waals surface area contributed by atoms with Crippen molar-refractivity contribution in [2.75, 3.05) is 0 Å². The van der Waals surface area contributed by atoms with Crippen molar-refractivity contribution in [3.05, 3.63) is 34.9 Å². The number of benzene rings is 1. The van der Waals surface area contributed by atoms with Crippen molar-refractivity contribution >= 4 is 17.4 Å². The summed E-state index contributed by atoms with van der Waals surface area (Å²) in [5, 5.41) is 8.46. The molecule has 0 saturated carbocycles. The van der Waals surface area contributed by atoms with Gasteiger partial charge in [-0.15, -0.1) is 11.6 Å². The van der Waals surface area contributed by atoms with Gasteiger partial charge in [0.25, 0.3) is 0 Å². The van der Waals surface area contributed by atoms with E-state index in [-0.39, 0.29) is 12.4 Å². The van der Waals surface area contributed by atoms with Crippen LogP contribution in [0.5, 0.6) is 0 Å². The minimum atomic E-state index is -0.609. The van der Waals surface area contributed by atoms with Gasteiger partial charge in [-0.05, 0) is 30.0 Å². The number of aliphatic hydroxyl groups is 1. The molecule has 0 aliphatic rings. The average Bonchev–Trinajstić information content (AvgIpc) is 2.27. The van der Waals surface area contributed by atoms with E-state index in [1.807, 2.05) is 19.1 Å². The number of alkyl halides is 1. The maximum absolute atomic E-state index is 11.1. The Morgan fingerprint density at radius 2 is 2.00 bits per heavy atom. The molecule has 0 bridgehead atoms. The van der Waals surface area contributed by atoms with E-state index < -0.39 is 5.38 Å². The van der Waals surface area contributed by atoms with Crippen LogP contribution >= 0.6 is 11.6 Å². The van der Waals surface area contributed by atoms with Crippen molar-refractivity contribution in [1.29, 1.82) is 0 Å². The fourth-order valence-corrected chi connectivity index (χ4v) is 1.59. The molecule has 1 aromatic carbocycles. The summed E-state index contributed by atoms with van der Waals surface area (Å²) >= 11 is 5.97. The maximum Gasteiger partial charge on any atom is 0.152 e. The Hall–Kier alpha value is -0.860. The van der Waals surface area contributed by atoms with E-state index in [1.54, 1.807) is 6.07 Å². The first-order valence-electron chi connectivity index (χ1n) is 4.96. The number of ketones is 1. The maximum atomic E-state index is 11.1. The van der Waals surface area contributed by atoms with Gasteiger partial charge in [0.1, 0.15) is 5.38 Å². The third kappa shape index (κ3) is 3.05. The monoisotopic (exact) mass is 226 g/mol. The van der Waals surface area contributed by atoms with E-state index in [0.29, 0.717) is 0 Å². The molecule has 15 heavy (non-hydrogen) atoms. The number of hydrogen-bond donors (Lipinski definition) is 1. The van der Waals surface area contributed by atoms with Gasteiger partial charge in [-0.2, -0.15) is 0 Å². The van der Waals surface area contributed by atoms with Crippen LogP contribution in [0.25, 0.3) is 0 Å². The molecule has 1 rings (SSSR count). The second kappa shape index (κ2) is 5.29. The summed E-state index contributed by atoms with van der Waals surface area (Å²) in [5.41, 5.74) is 2.66. The standard InChI is InChI=1S/C12H15ClO2/c1-3-9-4-10(7-14)6-11(5-9)12(13)8(2)15/h4-6,12,14H,3,7H2,1-2H3. The highest BCUT2D eigenvalue weighted by Gasteiger charge is 2.14. The lowest BCUT2D eigenvalue weighted by molar-refractivity contribution is -0.116. The van der Waals surface area contributed by atoms with E-state index >= 15 is 0 Å². The van der Waals surface area contributed by atoms with E-state index in [0.717, 1.165) is 23.1 Å². The van der Waals surface area contributed by atoms with Crippen LogP contribution in [0.1, 0.15) is 35.9 Å². The quantitative estimate of drug-likeness (QED) is 0.802. The summed E-state index contributed by atoms with van der Waals surface area (Å²) < 4.78 is 0. The van der Waals surface area contributed by atoms with Crippen LogP contribution in [0, 0.1) is 0 Å². The summed E-state index contributed by atoms with van der Waals surface area (Å²) in [7, 11) is 0.